The fourth-order valence-corrected chi connectivity index (χ4v) is 3.57. The van der Waals surface area contributed by atoms with Crippen LogP contribution in [-0.2, 0) is 6.54 Å². The number of amides is 1. The van der Waals surface area contributed by atoms with Gasteiger partial charge in [0.1, 0.15) is 11.5 Å². The minimum Gasteiger partial charge on any atom is -0.497 e. The molecule has 4 rings (SSSR count). The van der Waals surface area contributed by atoms with Crippen LogP contribution < -0.4 is 10.1 Å². The van der Waals surface area contributed by atoms with E-state index >= 15 is 0 Å². The highest BCUT2D eigenvalue weighted by Crippen LogP contribution is 2.40. The first-order chi connectivity index (χ1) is 12.6. The van der Waals surface area contributed by atoms with Crippen molar-refractivity contribution in [2.75, 3.05) is 20.2 Å². The van der Waals surface area contributed by atoms with E-state index in [1.807, 2.05) is 12.1 Å². The number of ether oxygens (including phenoxy) is 1. The summed E-state index contributed by atoms with van der Waals surface area (Å²) in [6.45, 7) is 4.85. The SMILES string of the molecule is COc1ccc(CN2C[C@H](C)[C@H](NC(=O)c3cc(C4CC4)on3)C2)cc1. The second-order valence-electron chi connectivity index (χ2n) is 7.49. The molecule has 2 fully saturated rings. The number of benzene rings is 1. The molecular weight excluding hydrogens is 330 g/mol. The highest BCUT2D eigenvalue weighted by atomic mass is 16.5. The fourth-order valence-electron chi connectivity index (χ4n) is 3.57. The predicted molar refractivity (Wildman–Crippen MR) is 97.2 cm³/mol. The molecule has 2 heterocycles. The van der Waals surface area contributed by atoms with Gasteiger partial charge in [0.25, 0.3) is 5.91 Å². The van der Waals surface area contributed by atoms with Crippen LogP contribution in [0, 0.1) is 5.92 Å². The summed E-state index contributed by atoms with van der Waals surface area (Å²) in [5.74, 6) is 2.44. The molecule has 26 heavy (non-hydrogen) atoms. The third-order valence-electron chi connectivity index (χ3n) is 5.31. The number of carbonyl (C=O) groups excluding carboxylic acids is 1. The highest BCUT2D eigenvalue weighted by molar-refractivity contribution is 5.92. The average molecular weight is 355 g/mol. The molecule has 1 aliphatic carbocycles. The first kappa shape index (κ1) is 17.1. The summed E-state index contributed by atoms with van der Waals surface area (Å²) in [6, 6.07) is 10.1. The number of nitrogens with one attached hydrogen (secondary N) is 1. The molecule has 1 saturated heterocycles. The minimum absolute atomic E-state index is 0.127. The Morgan fingerprint density at radius 2 is 2.08 bits per heavy atom. The van der Waals surface area contributed by atoms with E-state index in [-0.39, 0.29) is 11.9 Å². The zero-order valence-electron chi connectivity index (χ0n) is 15.3. The fraction of sp³-hybridized carbons (Fsp3) is 0.500. The molecule has 1 N–H and O–H groups in total. The van der Waals surface area contributed by atoms with E-state index in [0.717, 1.165) is 44.0 Å². The summed E-state index contributed by atoms with van der Waals surface area (Å²) in [6.07, 6.45) is 2.27. The van der Waals surface area contributed by atoms with Crippen molar-refractivity contribution in [1.29, 1.82) is 0 Å². The molecule has 138 valence electrons. The topological polar surface area (TPSA) is 67.6 Å². The molecule has 6 nitrogen and oxygen atoms in total. The lowest BCUT2D eigenvalue weighted by Crippen LogP contribution is -2.39. The standard InChI is InChI=1S/C20H25N3O3/c1-13-10-23(11-14-3-7-16(25-2)8-4-14)12-18(13)21-20(24)17-9-19(26-22-17)15-5-6-15/h3-4,7-9,13,15,18H,5-6,10-12H2,1-2H3,(H,21,24)/t13-,18+/m0/s1. The lowest BCUT2D eigenvalue weighted by molar-refractivity contribution is 0.0922. The van der Waals surface area contributed by atoms with E-state index in [4.69, 9.17) is 9.26 Å². The number of nitrogens with zero attached hydrogens (tertiary/aromatic N) is 2. The van der Waals surface area contributed by atoms with Gasteiger partial charge in [-0.15, -0.1) is 0 Å². The zero-order valence-corrected chi connectivity index (χ0v) is 15.3. The largest absolute Gasteiger partial charge is 0.497 e. The van der Waals surface area contributed by atoms with E-state index in [2.05, 4.69) is 34.4 Å². The van der Waals surface area contributed by atoms with Gasteiger partial charge >= 0.3 is 0 Å². The summed E-state index contributed by atoms with van der Waals surface area (Å²) in [5, 5.41) is 7.06. The van der Waals surface area contributed by atoms with Gasteiger partial charge in [-0.2, -0.15) is 0 Å². The van der Waals surface area contributed by atoms with Crippen LogP contribution in [0.1, 0.15) is 47.5 Å². The first-order valence-electron chi connectivity index (χ1n) is 9.25. The van der Waals surface area contributed by atoms with E-state index < -0.39 is 0 Å². The molecule has 1 aromatic carbocycles. The number of aromatic nitrogens is 1. The minimum atomic E-state index is -0.135. The second-order valence-corrected chi connectivity index (χ2v) is 7.49. The van der Waals surface area contributed by atoms with Crippen molar-refractivity contribution in [3.8, 4) is 5.75 Å². The number of hydrogen-bond donors (Lipinski definition) is 1. The number of hydrogen-bond acceptors (Lipinski definition) is 5. The normalized spacial score (nSPS) is 23.2. The molecule has 2 atom stereocenters. The van der Waals surface area contributed by atoms with Gasteiger partial charge in [-0.25, -0.2) is 0 Å². The van der Waals surface area contributed by atoms with Gasteiger partial charge in [0.15, 0.2) is 5.69 Å². The van der Waals surface area contributed by atoms with Crippen molar-refractivity contribution in [1.82, 2.24) is 15.4 Å². The third kappa shape index (κ3) is 3.75. The Balaban J connectivity index is 1.33. The molecule has 0 unspecified atom stereocenters. The molecule has 1 aromatic heterocycles. The number of carbonyl (C=O) groups is 1. The first-order valence-corrected chi connectivity index (χ1v) is 9.25. The number of rotatable bonds is 6. The van der Waals surface area contributed by atoms with Gasteiger partial charge in [0, 0.05) is 37.7 Å². The maximum Gasteiger partial charge on any atom is 0.273 e. The number of likely N-dealkylation sites (tertiary alicyclic amines) is 1. The van der Waals surface area contributed by atoms with E-state index in [1.165, 1.54) is 5.56 Å². The van der Waals surface area contributed by atoms with Crippen molar-refractivity contribution in [3.05, 3.63) is 47.3 Å². The smallest absolute Gasteiger partial charge is 0.273 e. The summed E-state index contributed by atoms with van der Waals surface area (Å²) in [5.41, 5.74) is 1.64. The lowest BCUT2D eigenvalue weighted by Gasteiger charge is -2.17. The van der Waals surface area contributed by atoms with Gasteiger partial charge in [-0.3, -0.25) is 9.69 Å². The van der Waals surface area contributed by atoms with Crippen LogP contribution in [0.15, 0.2) is 34.9 Å². The maximum atomic E-state index is 12.5. The Hall–Kier alpha value is -2.34. The van der Waals surface area contributed by atoms with Crippen molar-refractivity contribution in [2.45, 2.75) is 38.3 Å². The van der Waals surface area contributed by atoms with Crippen LogP contribution in [0.3, 0.4) is 0 Å². The van der Waals surface area contributed by atoms with Crippen LogP contribution in [0.25, 0.3) is 0 Å². The zero-order chi connectivity index (χ0) is 18.1. The average Bonchev–Trinajstić information content (AvgIpc) is 3.27. The maximum absolute atomic E-state index is 12.5. The highest BCUT2D eigenvalue weighted by Gasteiger charge is 2.33. The Bertz CT molecular complexity index is 767. The number of methoxy groups -OCH3 is 1. The second kappa shape index (κ2) is 7.11. The molecule has 0 bridgehead atoms. The van der Waals surface area contributed by atoms with Crippen LogP contribution in [0.2, 0.25) is 0 Å². The Morgan fingerprint density at radius 1 is 1.31 bits per heavy atom. The molecular formula is C20H25N3O3. The van der Waals surface area contributed by atoms with E-state index in [0.29, 0.717) is 17.5 Å². The molecule has 1 aliphatic heterocycles. The molecule has 0 spiro atoms. The van der Waals surface area contributed by atoms with Gasteiger partial charge < -0.3 is 14.6 Å². The van der Waals surface area contributed by atoms with Gasteiger partial charge in [-0.1, -0.05) is 24.2 Å². The molecule has 1 amide bonds. The summed E-state index contributed by atoms with van der Waals surface area (Å²) < 4.78 is 10.5. The van der Waals surface area contributed by atoms with Crippen molar-refractivity contribution >= 4 is 5.91 Å². The van der Waals surface area contributed by atoms with Crippen LogP contribution in [0.5, 0.6) is 5.75 Å². The summed E-state index contributed by atoms with van der Waals surface area (Å²) in [4.78, 5) is 14.8. The van der Waals surface area contributed by atoms with Crippen LogP contribution >= 0.6 is 0 Å². The van der Waals surface area contributed by atoms with Crippen LogP contribution in [0.4, 0.5) is 0 Å². The Kier molecular flexibility index (Phi) is 4.68. The van der Waals surface area contributed by atoms with E-state index in [9.17, 15) is 4.79 Å². The summed E-state index contributed by atoms with van der Waals surface area (Å²) in [7, 11) is 1.67. The van der Waals surface area contributed by atoms with Gasteiger partial charge in [-0.05, 0) is 36.5 Å². The van der Waals surface area contributed by atoms with Gasteiger partial charge in [0.2, 0.25) is 0 Å². The van der Waals surface area contributed by atoms with Crippen LogP contribution in [-0.4, -0.2) is 42.2 Å². The Labute approximate surface area is 153 Å². The van der Waals surface area contributed by atoms with Crippen molar-refractivity contribution in [2.24, 2.45) is 5.92 Å². The third-order valence-corrected chi connectivity index (χ3v) is 5.31. The monoisotopic (exact) mass is 355 g/mol. The lowest BCUT2D eigenvalue weighted by atomic mass is 10.1. The molecule has 1 saturated carbocycles. The van der Waals surface area contributed by atoms with Crippen molar-refractivity contribution in [3.63, 3.8) is 0 Å². The Morgan fingerprint density at radius 3 is 2.77 bits per heavy atom. The van der Waals surface area contributed by atoms with Gasteiger partial charge in [0.05, 0.1) is 7.11 Å². The van der Waals surface area contributed by atoms with E-state index in [1.54, 1.807) is 13.2 Å². The predicted octanol–water partition coefficient (Wildman–Crippen LogP) is 2.81. The molecule has 6 heteroatoms. The van der Waals surface area contributed by atoms with Crippen molar-refractivity contribution < 1.29 is 14.1 Å². The summed E-state index contributed by atoms with van der Waals surface area (Å²) >= 11 is 0. The quantitative estimate of drug-likeness (QED) is 0.863. The molecule has 0 radical (unpaired) electrons. The molecule has 2 aromatic rings. The molecule has 2 aliphatic rings.